The van der Waals surface area contributed by atoms with Crippen LogP contribution in [-0.4, -0.2) is 40.3 Å². The van der Waals surface area contributed by atoms with Gasteiger partial charge >= 0.3 is 29.1 Å². The fraction of sp³-hybridized carbons (Fsp3) is 0.857. The van der Waals surface area contributed by atoms with Crippen LogP contribution in [0.3, 0.4) is 0 Å². The van der Waals surface area contributed by atoms with Gasteiger partial charge in [-0.3, -0.25) is 4.79 Å². The van der Waals surface area contributed by atoms with Gasteiger partial charge in [0.25, 0.3) is 0 Å². The van der Waals surface area contributed by atoms with E-state index in [0.717, 1.165) is 0 Å². The minimum Gasteiger partial charge on any atom is -0.480 e. The van der Waals surface area contributed by atoms with Gasteiger partial charge in [0.2, 0.25) is 0 Å². The molecule has 3 nitrogen and oxygen atoms in total. The highest BCUT2D eigenvalue weighted by Gasteiger charge is 2.80. The SMILES string of the molecule is N[C@@H](CC(F)(F)C(F)(F)C(F)(F)C(F)(F)Cl)C(=O)O. The van der Waals surface area contributed by atoms with Crippen LogP contribution in [0.15, 0.2) is 0 Å². The summed E-state index contributed by atoms with van der Waals surface area (Å²) in [6.45, 7) is 0. The van der Waals surface area contributed by atoms with Crippen molar-refractivity contribution in [1.82, 2.24) is 0 Å². The highest BCUT2D eigenvalue weighted by Crippen LogP contribution is 2.54. The second kappa shape index (κ2) is 4.93. The van der Waals surface area contributed by atoms with Gasteiger partial charge in [-0.2, -0.15) is 35.1 Å². The molecule has 0 aliphatic carbocycles. The number of hydrogen-bond acceptors (Lipinski definition) is 2. The van der Waals surface area contributed by atoms with Crippen LogP contribution in [0.1, 0.15) is 6.42 Å². The average Bonchev–Trinajstić information content (AvgIpc) is 2.14. The Morgan fingerprint density at radius 2 is 1.42 bits per heavy atom. The first kappa shape index (κ1) is 18.2. The molecule has 0 amide bonds. The van der Waals surface area contributed by atoms with E-state index in [1.165, 1.54) is 0 Å². The topological polar surface area (TPSA) is 63.3 Å². The average molecular weight is 324 g/mol. The van der Waals surface area contributed by atoms with Gasteiger partial charge in [0.1, 0.15) is 6.04 Å². The molecule has 0 radical (unpaired) electrons. The van der Waals surface area contributed by atoms with E-state index < -0.39 is 41.6 Å². The summed E-state index contributed by atoms with van der Waals surface area (Å²) in [5.41, 5.74) is 4.47. The molecule has 0 saturated carbocycles. The van der Waals surface area contributed by atoms with Gasteiger partial charge in [-0.15, -0.1) is 0 Å². The maximum atomic E-state index is 12.9. The summed E-state index contributed by atoms with van der Waals surface area (Å²) in [4.78, 5) is 10.1. The number of aliphatic carboxylic acids is 1. The molecule has 0 aromatic rings. The Morgan fingerprint density at radius 3 is 1.68 bits per heavy atom. The van der Waals surface area contributed by atoms with Crippen LogP contribution in [0.4, 0.5) is 35.1 Å². The number of carboxylic acid groups (broad SMARTS) is 1. The standard InChI is InChI=1S/C7H6ClF8NO2/c8-7(15,16)6(13,14)5(11,12)4(9,10)1-2(17)3(18)19/h2H,1,17H2,(H,18,19)/t2-/m0/s1. The zero-order valence-corrected chi connectivity index (χ0v) is 9.37. The number of halogens is 9. The van der Waals surface area contributed by atoms with Gasteiger partial charge in [0.15, 0.2) is 0 Å². The van der Waals surface area contributed by atoms with Crippen LogP contribution >= 0.6 is 11.6 Å². The molecule has 0 aromatic carbocycles. The van der Waals surface area contributed by atoms with Gasteiger partial charge in [-0.1, -0.05) is 0 Å². The minimum atomic E-state index is -6.61. The molecule has 0 spiro atoms. The van der Waals surface area contributed by atoms with E-state index >= 15 is 0 Å². The predicted octanol–water partition coefficient (Wildman–Crippen LogP) is 2.53. The summed E-state index contributed by atoms with van der Waals surface area (Å²) in [5.74, 6) is -21.2. The molecule has 0 fully saturated rings. The molecule has 0 bridgehead atoms. The van der Waals surface area contributed by atoms with Crippen LogP contribution in [-0.2, 0) is 4.79 Å². The van der Waals surface area contributed by atoms with E-state index in [2.05, 4.69) is 17.3 Å². The summed E-state index contributed by atoms with van der Waals surface area (Å²) >= 11 is 3.67. The Morgan fingerprint density at radius 1 is 1.05 bits per heavy atom. The van der Waals surface area contributed by atoms with E-state index in [1.807, 2.05) is 0 Å². The van der Waals surface area contributed by atoms with Crippen molar-refractivity contribution in [1.29, 1.82) is 0 Å². The summed E-state index contributed by atoms with van der Waals surface area (Å²) in [6.07, 6.45) is -2.47. The first-order valence-corrected chi connectivity index (χ1v) is 4.64. The maximum Gasteiger partial charge on any atom is 0.392 e. The van der Waals surface area contributed by atoms with E-state index in [0.29, 0.717) is 0 Å². The monoisotopic (exact) mass is 323 g/mol. The first-order chi connectivity index (χ1) is 8.08. The largest absolute Gasteiger partial charge is 0.480 e. The van der Waals surface area contributed by atoms with E-state index in [-0.39, 0.29) is 0 Å². The first-order valence-electron chi connectivity index (χ1n) is 4.26. The van der Waals surface area contributed by atoms with Crippen molar-refractivity contribution in [3.8, 4) is 0 Å². The van der Waals surface area contributed by atoms with E-state index in [9.17, 15) is 39.9 Å². The normalized spacial score (nSPS) is 16.3. The third-order valence-electron chi connectivity index (χ3n) is 2.00. The van der Waals surface area contributed by atoms with Crippen LogP contribution in [0.2, 0.25) is 0 Å². The van der Waals surface area contributed by atoms with Gasteiger partial charge in [-0.25, -0.2) is 0 Å². The number of nitrogens with two attached hydrogens (primary N) is 1. The lowest BCUT2D eigenvalue weighted by molar-refractivity contribution is -0.349. The predicted molar refractivity (Wildman–Crippen MR) is 45.9 cm³/mol. The van der Waals surface area contributed by atoms with Crippen LogP contribution < -0.4 is 5.73 Å². The third-order valence-corrected chi connectivity index (χ3v) is 2.24. The second-order valence-electron chi connectivity index (χ2n) is 3.50. The van der Waals surface area contributed by atoms with Gasteiger partial charge in [-0.05, 0) is 11.6 Å². The molecule has 19 heavy (non-hydrogen) atoms. The summed E-state index contributed by atoms with van der Waals surface area (Å²) in [7, 11) is 0. The molecule has 0 aliphatic heterocycles. The second-order valence-corrected chi connectivity index (χ2v) is 3.97. The van der Waals surface area contributed by atoms with Crippen LogP contribution in [0.25, 0.3) is 0 Å². The smallest absolute Gasteiger partial charge is 0.392 e. The van der Waals surface area contributed by atoms with Crippen molar-refractivity contribution in [3.05, 3.63) is 0 Å². The fourth-order valence-corrected chi connectivity index (χ4v) is 1.02. The maximum absolute atomic E-state index is 12.9. The molecule has 0 heterocycles. The quantitative estimate of drug-likeness (QED) is 0.583. The number of carbonyl (C=O) groups is 1. The van der Waals surface area contributed by atoms with Crippen molar-refractivity contribution in [2.24, 2.45) is 5.73 Å². The zero-order valence-electron chi connectivity index (χ0n) is 8.62. The Labute approximate surface area is 105 Å². The number of rotatable bonds is 6. The molecule has 0 saturated heterocycles. The van der Waals surface area contributed by atoms with Gasteiger partial charge in [0.05, 0.1) is 0 Å². The molecule has 0 aliphatic rings. The number of alkyl halides is 9. The fourth-order valence-electron chi connectivity index (χ4n) is 0.899. The molecule has 114 valence electrons. The molecule has 1 atom stereocenters. The lowest BCUT2D eigenvalue weighted by Gasteiger charge is -2.34. The van der Waals surface area contributed by atoms with Gasteiger partial charge < -0.3 is 10.8 Å². The van der Waals surface area contributed by atoms with E-state index in [1.54, 1.807) is 0 Å². The number of carboxylic acids is 1. The summed E-state index contributed by atoms with van der Waals surface area (Å²) in [5, 5.41) is 2.14. The Bertz CT molecular complexity index is 355. The molecule has 12 heteroatoms. The van der Waals surface area contributed by atoms with Crippen molar-refractivity contribution < 1.29 is 45.0 Å². The van der Waals surface area contributed by atoms with Crippen molar-refractivity contribution in [2.75, 3.05) is 0 Å². The number of hydrogen-bond donors (Lipinski definition) is 2. The Hall–Kier alpha value is -0.840. The van der Waals surface area contributed by atoms with E-state index in [4.69, 9.17) is 5.11 Å². The molecule has 3 N–H and O–H groups in total. The Balaban J connectivity index is 5.45. The third kappa shape index (κ3) is 3.19. The summed E-state index contributed by atoms with van der Waals surface area (Å²) in [6, 6.07) is -2.65. The zero-order chi connectivity index (χ0) is 15.9. The Kier molecular flexibility index (Phi) is 4.71. The molecular formula is C7H6ClF8NO2. The van der Waals surface area contributed by atoms with Crippen LogP contribution in [0.5, 0.6) is 0 Å². The minimum absolute atomic E-state index is 2.20. The molecular weight excluding hydrogens is 318 g/mol. The molecule has 0 aromatic heterocycles. The highest BCUT2D eigenvalue weighted by molar-refractivity contribution is 6.22. The van der Waals surface area contributed by atoms with Crippen molar-refractivity contribution in [3.63, 3.8) is 0 Å². The lowest BCUT2D eigenvalue weighted by atomic mass is 9.98. The lowest BCUT2D eigenvalue weighted by Crippen LogP contribution is -2.61. The summed E-state index contributed by atoms with van der Waals surface area (Å²) < 4.78 is 101. The van der Waals surface area contributed by atoms with Gasteiger partial charge in [0, 0.05) is 6.42 Å². The molecule has 0 rings (SSSR count). The highest BCUT2D eigenvalue weighted by atomic mass is 35.5. The van der Waals surface area contributed by atoms with Crippen LogP contribution in [0, 0.1) is 0 Å². The van der Waals surface area contributed by atoms with Crippen molar-refractivity contribution in [2.45, 2.75) is 35.6 Å². The molecule has 0 unspecified atom stereocenters. The van der Waals surface area contributed by atoms with Crippen molar-refractivity contribution >= 4 is 17.6 Å².